The maximum Gasteiger partial charge on any atom is 0.303 e. The van der Waals surface area contributed by atoms with Crippen molar-refractivity contribution < 1.29 is 80.9 Å². The van der Waals surface area contributed by atoms with E-state index in [1.807, 2.05) is 0 Å². The van der Waals surface area contributed by atoms with E-state index in [2.05, 4.69) is 12.6 Å². The summed E-state index contributed by atoms with van der Waals surface area (Å²) in [4.78, 5) is 83.7. The van der Waals surface area contributed by atoms with Gasteiger partial charge in [0.2, 0.25) is 0 Å². The van der Waals surface area contributed by atoms with Gasteiger partial charge in [-0.15, -0.1) is 12.6 Å². The number of thiol groups is 1. The van der Waals surface area contributed by atoms with Gasteiger partial charge in [0.1, 0.15) is 37.0 Å². The highest BCUT2D eigenvalue weighted by Crippen LogP contribution is 2.35. The summed E-state index contributed by atoms with van der Waals surface area (Å²) in [5.74, 6) is -5.69. The Morgan fingerprint density at radius 3 is 1.27 bits per heavy atom. The van der Waals surface area contributed by atoms with Crippen LogP contribution in [0.5, 0.6) is 0 Å². The Hall–Kier alpha value is -3.48. The average Bonchev–Trinajstić information content (AvgIpc) is 2.87. The third-order valence-corrected chi connectivity index (χ3v) is 6.32. The first-order chi connectivity index (χ1) is 20.5. The lowest BCUT2D eigenvalue weighted by molar-refractivity contribution is -0.341. The highest BCUT2D eigenvalue weighted by Gasteiger charge is 2.57. The molecule has 0 aliphatic carbocycles. The van der Waals surface area contributed by atoms with Crippen molar-refractivity contribution in [3.8, 4) is 0 Å². The molecule has 18 heteroatoms. The van der Waals surface area contributed by atoms with E-state index in [-0.39, 0.29) is 0 Å². The zero-order valence-electron chi connectivity index (χ0n) is 25.1. The van der Waals surface area contributed by atoms with Crippen LogP contribution in [-0.4, -0.2) is 116 Å². The molecule has 0 bridgehead atoms. The van der Waals surface area contributed by atoms with Crippen LogP contribution in [0, 0.1) is 0 Å². The number of esters is 7. The molecule has 0 radical (unpaired) electrons. The van der Waals surface area contributed by atoms with Crippen LogP contribution in [0.2, 0.25) is 0 Å². The minimum absolute atomic E-state index is 0.479. The second-order valence-corrected chi connectivity index (χ2v) is 10.2. The van der Waals surface area contributed by atoms with Crippen LogP contribution in [0.1, 0.15) is 48.5 Å². The molecular formula is C26H36O17S. The summed E-state index contributed by atoms with van der Waals surface area (Å²) >= 11 is 4.30. The lowest BCUT2D eigenvalue weighted by atomic mass is 9.96. The number of rotatable bonds is 11. The van der Waals surface area contributed by atoms with Crippen molar-refractivity contribution in [1.29, 1.82) is 0 Å². The summed E-state index contributed by atoms with van der Waals surface area (Å²) in [5, 5.41) is 0. The van der Waals surface area contributed by atoms with Gasteiger partial charge in [0.15, 0.2) is 36.8 Å². The minimum Gasteiger partial charge on any atom is -0.463 e. The van der Waals surface area contributed by atoms with Crippen LogP contribution in [0.15, 0.2) is 0 Å². The highest BCUT2D eigenvalue weighted by atomic mass is 32.1. The quantitative estimate of drug-likeness (QED) is 0.170. The topological polar surface area (TPSA) is 212 Å². The van der Waals surface area contributed by atoms with Gasteiger partial charge in [-0.25, -0.2) is 0 Å². The van der Waals surface area contributed by atoms with Crippen molar-refractivity contribution in [2.45, 2.75) is 109 Å². The molecule has 2 saturated heterocycles. The van der Waals surface area contributed by atoms with Crippen LogP contribution in [-0.2, 0) is 80.9 Å². The molecule has 1 unspecified atom stereocenters. The largest absolute Gasteiger partial charge is 0.463 e. The molecule has 0 aromatic rings. The summed E-state index contributed by atoms with van der Waals surface area (Å²) in [6.45, 7) is 6.50. The van der Waals surface area contributed by atoms with Gasteiger partial charge in [-0.05, 0) is 0 Å². The molecule has 0 aromatic carbocycles. The van der Waals surface area contributed by atoms with E-state index in [1.54, 1.807) is 0 Å². The number of hydrogen-bond acceptors (Lipinski definition) is 18. The van der Waals surface area contributed by atoms with Crippen molar-refractivity contribution in [3.05, 3.63) is 0 Å². The molecule has 10 atom stereocenters. The van der Waals surface area contributed by atoms with Gasteiger partial charge >= 0.3 is 41.8 Å². The molecular weight excluding hydrogens is 616 g/mol. The SMILES string of the molecule is CC(=O)OC[C@H]1O[C@@H](O[C@H]2[C@H](OC(C)=O)[C@@H](OC(C)=O)C(S)O[C@@H]2COC(C)=O)[C@H](OC(C)=O)[C@@H](OC(C)=O)[C@H]1OC(C)=O. The summed E-state index contributed by atoms with van der Waals surface area (Å²) in [5.41, 5.74) is -1.21. The first-order valence-electron chi connectivity index (χ1n) is 13.3. The van der Waals surface area contributed by atoms with Crippen LogP contribution < -0.4 is 0 Å². The van der Waals surface area contributed by atoms with E-state index in [0.717, 1.165) is 48.5 Å². The van der Waals surface area contributed by atoms with Gasteiger partial charge in [0, 0.05) is 48.5 Å². The summed E-state index contributed by atoms with van der Waals surface area (Å²) < 4.78 is 55.0. The zero-order chi connectivity index (χ0) is 33.3. The molecule has 0 amide bonds. The number of hydrogen-bond donors (Lipinski definition) is 1. The summed E-state index contributed by atoms with van der Waals surface area (Å²) in [6, 6.07) is 0. The van der Waals surface area contributed by atoms with Crippen molar-refractivity contribution in [3.63, 3.8) is 0 Å². The number of ether oxygens (including phenoxy) is 10. The van der Waals surface area contributed by atoms with Crippen molar-refractivity contribution in [1.82, 2.24) is 0 Å². The van der Waals surface area contributed by atoms with E-state index < -0.39 is 116 Å². The van der Waals surface area contributed by atoms with Gasteiger partial charge in [-0.2, -0.15) is 0 Å². The molecule has 2 aliphatic heterocycles. The standard InChI is InChI=1S/C26H36O17S/c1-10(27)34-8-17-19(36-12(3)29)21(37-13(4)30)23(39-15(6)32)25(41-17)43-20-18(9-35-11(2)28)42-26(44)24(40-16(7)33)22(20)38-14(5)31/h17-26,44H,8-9H2,1-7H3/t17-,18-,19+,20-,21+,22+,23-,24-,25+,26?/m1/s1. The maximum absolute atomic E-state index is 12.2. The third-order valence-electron chi connectivity index (χ3n) is 5.90. The predicted octanol–water partition coefficient (Wildman–Crippen LogP) is -0.464. The number of carbonyl (C=O) groups is 7. The minimum atomic E-state index is -1.74. The Labute approximate surface area is 257 Å². The van der Waals surface area contributed by atoms with Gasteiger partial charge in [-0.3, -0.25) is 33.6 Å². The second-order valence-electron chi connectivity index (χ2n) is 9.68. The van der Waals surface area contributed by atoms with Crippen molar-refractivity contribution in [2.24, 2.45) is 0 Å². The van der Waals surface area contributed by atoms with Crippen LogP contribution >= 0.6 is 12.6 Å². The Kier molecular flexibility index (Phi) is 13.8. The Morgan fingerprint density at radius 2 is 0.841 bits per heavy atom. The summed E-state index contributed by atoms with van der Waals surface area (Å²) in [7, 11) is 0. The summed E-state index contributed by atoms with van der Waals surface area (Å²) in [6.07, 6.45) is -13.4. The first-order valence-corrected chi connectivity index (χ1v) is 13.8. The Balaban J connectivity index is 2.66. The molecule has 2 heterocycles. The smallest absolute Gasteiger partial charge is 0.303 e. The van der Waals surface area contributed by atoms with E-state index in [9.17, 15) is 33.6 Å². The zero-order valence-corrected chi connectivity index (χ0v) is 26.0. The fraction of sp³-hybridized carbons (Fsp3) is 0.731. The monoisotopic (exact) mass is 652 g/mol. The Morgan fingerprint density at radius 1 is 0.477 bits per heavy atom. The van der Waals surface area contributed by atoms with Gasteiger partial charge in [0.05, 0.1) is 0 Å². The average molecular weight is 653 g/mol. The van der Waals surface area contributed by atoms with Crippen LogP contribution in [0.25, 0.3) is 0 Å². The van der Waals surface area contributed by atoms with Crippen LogP contribution in [0.4, 0.5) is 0 Å². The fourth-order valence-electron chi connectivity index (χ4n) is 4.49. The molecule has 248 valence electrons. The van der Waals surface area contributed by atoms with E-state index in [1.165, 1.54) is 0 Å². The third kappa shape index (κ3) is 10.9. The molecule has 0 spiro atoms. The van der Waals surface area contributed by atoms with Crippen molar-refractivity contribution in [2.75, 3.05) is 13.2 Å². The first kappa shape index (κ1) is 36.7. The molecule has 2 rings (SSSR count). The molecule has 17 nitrogen and oxygen atoms in total. The Bertz CT molecular complexity index is 1090. The van der Waals surface area contributed by atoms with Gasteiger partial charge < -0.3 is 47.4 Å². The van der Waals surface area contributed by atoms with E-state index in [0.29, 0.717) is 0 Å². The molecule has 0 aromatic heterocycles. The van der Waals surface area contributed by atoms with Gasteiger partial charge in [0.25, 0.3) is 0 Å². The molecule has 2 fully saturated rings. The van der Waals surface area contributed by atoms with Crippen LogP contribution in [0.3, 0.4) is 0 Å². The predicted molar refractivity (Wildman–Crippen MR) is 142 cm³/mol. The lowest BCUT2D eigenvalue weighted by Crippen LogP contribution is -2.66. The lowest BCUT2D eigenvalue weighted by Gasteiger charge is -2.48. The van der Waals surface area contributed by atoms with Crippen molar-refractivity contribution >= 4 is 54.4 Å². The number of carbonyl (C=O) groups excluding carboxylic acids is 7. The molecule has 44 heavy (non-hydrogen) atoms. The normalized spacial score (nSPS) is 31.5. The molecule has 0 saturated carbocycles. The second kappa shape index (κ2) is 16.6. The van der Waals surface area contributed by atoms with Gasteiger partial charge in [-0.1, -0.05) is 0 Å². The molecule has 2 aliphatic rings. The van der Waals surface area contributed by atoms with E-state index in [4.69, 9.17) is 47.4 Å². The maximum atomic E-state index is 12.2. The molecule has 0 N–H and O–H groups in total. The highest BCUT2D eigenvalue weighted by molar-refractivity contribution is 7.80. The fourth-order valence-corrected chi connectivity index (χ4v) is 4.88. The van der Waals surface area contributed by atoms with E-state index >= 15 is 0 Å².